The average molecular weight is 265 g/mol. The zero-order valence-corrected chi connectivity index (χ0v) is 10.9. The summed E-state index contributed by atoms with van der Waals surface area (Å²) in [5.74, 6) is -1.45. The summed E-state index contributed by atoms with van der Waals surface area (Å²) in [6.07, 6.45) is 0.675. The van der Waals surface area contributed by atoms with Gasteiger partial charge in [-0.2, -0.15) is 0 Å². The number of hydrogen-bond donors (Lipinski definition) is 1. The molecule has 1 heterocycles. The standard InChI is InChI=1S/C10H19NO5S/c1-3-8-6-11(5-4-9(8)12)17(14,15)7-10(13)16-2/h8-9,12H,3-7H2,1-2H3. The molecule has 0 aromatic carbocycles. The first kappa shape index (κ1) is 14.4. The molecule has 0 aromatic heterocycles. The predicted octanol–water partition coefficient (Wildman–Crippen LogP) is -0.418. The van der Waals surface area contributed by atoms with Crippen molar-refractivity contribution in [3.05, 3.63) is 0 Å². The molecule has 0 bridgehead atoms. The fourth-order valence-corrected chi connectivity index (χ4v) is 3.34. The molecule has 1 aliphatic heterocycles. The Balaban J connectivity index is 2.70. The molecule has 0 aliphatic carbocycles. The van der Waals surface area contributed by atoms with E-state index < -0.39 is 27.8 Å². The molecule has 1 saturated heterocycles. The molecule has 1 N–H and O–H groups in total. The van der Waals surface area contributed by atoms with Gasteiger partial charge in [-0.15, -0.1) is 0 Å². The molecule has 100 valence electrons. The van der Waals surface area contributed by atoms with E-state index in [1.54, 1.807) is 0 Å². The van der Waals surface area contributed by atoms with Crippen LogP contribution in [0.25, 0.3) is 0 Å². The van der Waals surface area contributed by atoms with E-state index in [0.29, 0.717) is 12.8 Å². The van der Waals surface area contributed by atoms with Gasteiger partial charge in [0.15, 0.2) is 5.75 Å². The van der Waals surface area contributed by atoms with Crippen molar-refractivity contribution in [3.63, 3.8) is 0 Å². The van der Waals surface area contributed by atoms with Crippen molar-refractivity contribution in [1.29, 1.82) is 0 Å². The van der Waals surface area contributed by atoms with E-state index in [0.717, 1.165) is 7.11 Å². The van der Waals surface area contributed by atoms with E-state index in [2.05, 4.69) is 4.74 Å². The summed E-state index contributed by atoms with van der Waals surface area (Å²) in [7, 11) is -2.45. The minimum Gasteiger partial charge on any atom is -0.468 e. The van der Waals surface area contributed by atoms with Crippen LogP contribution in [0.15, 0.2) is 0 Å². The smallest absolute Gasteiger partial charge is 0.322 e. The summed E-state index contributed by atoms with van der Waals surface area (Å²) in [5.41, 5.74) is 0. The number of carbonyl (C=O) groups excluding carboxylic acids is 1. The summed E-state index contributed by atoms with van der Waals surface area (Å²) in [6, 6.07) is 0. The number of methoxy groups -OCH3 is 1. The second kappa shape index (κ2) is 5.79. The van der Waals surface area contributed by atoms with E-state index in [4.69, 9.17) is 0 Å². The quantitative estimate of drug-likeness (QED) is 0.698. The highest BCUT2D eigenvalue weighted by Crippen LogP contribution is 2.22. The molecule has 1 fully saturated rings. The van der Waals surface area contributed by atoms with Crippen LogP contribution in [0.5, 0.6) is 0 Å². The summed E-state index contributed by atoms with van der Waals surface area (Å²) in [6.45, 7) is 2.44. The van der Waals surface area contributed by atoms with Gasteiger partial charge in [-0.25, -0.2) is 12.7 Å². The molecular formula is C10H19NO5S. The summed E-state index contributed by atoms with van der Waals surface area (Å²) in [5, 5.41) is 9.67. The Bertz CT molecular complexity index is 367. The first-order valence-corrected chi connectivity index (χ1v) is 7.24. The zero-order valence-electron chi connectivity index (χ0n) is 10.1. The van der Waals surface area contributed by atoms with E-state index >= 15 is 0 Å². The largest absolute Gasteiger partial charge is 0.468 e. The highest BCUT2D eigenvalue weighted by Gasteiger charge is 2.34. The fraction of sp³-hybridized carbons (Fsp3) is 0.900. The number of nitrogens with zero attached hydrogens (tertiary/aromatic N) is 1. The number of ether oxygens (including phenoxy) is 1. The Morgan fingerprint density at radius 2 is 2.18 bits per heavy atom. The van der Waals surface area contributed by atoms with Gasteiger partial charge in [0, 0.05) is 13.1 Å². The van der Waals surface area contributed by atoms with Gasteiger partial charge in [-0.3, -0.25) is 4.79 Å². The molecule has 6 nitrogen and oxygen atoms in total. The van der Waals surface area contributed by atoms with Crippen molar-refractivity contribution in [1.82, 2.24) is 4.31 Å². The first-order chi connectivity index (χ1) is 7.90. The van der Waals surface area contributed by atoms with Crippen LogP contribution in [0.4, 0.5) is 0 Å². The summed E-state index contributed by atoms with van der Waals surface area (Å²) >= 11 is 0. The number of aliphatic hydroxyl groups is 1. The number of esters is 1. The monoisotopic (exact) mass is 265 g/mol. The van der Waals surface area contributed by atoms with Crippen LogP contribution in [0.2, 0.25) is 0 Å². The van der Waals surface area contributed by atoms with Crippen molar-refractivity contribution < 1.29 is 23.1 Å². The molecule has 0 radical (unpaired) electrons. The average Bonchev–Trinajstić information content (AvgIpc) is 2.28. The van der Waals surface area contributed by atoms with Crippen molar-refractivity contribution in [2.24, 2.45) is 5.92 Å². The SMILES string of the molecule is CCC1CN(S(=O)(=O)CC(=O)OC)CCC1O. The molecular weight excluding hydrogens is 246 g/mol. The van der Waals surface area contributed by atoms with Gasteiger partial charge < -0.3 is 9.84 Å². The Morgan fingerprint density at radius 3 is 2.71 bits per heavy atom. The molecule has 0 saturated carbocycles. The molecule has 2 atom stereocenters. The lowest BCUT2D eigenvalue weighted by Crippen LogP contribution is -2.47. The maximum atomic E-state index is 11.9. The third-order valence-corrected chi connectivity index (χ3v) is 4.82. The maximum absolute atomic E-state index is 11.9. The van der Waals surface area contributed by atoms with Crippen molar-refractivity contribution in [3.8, 4) is 0 Å². The number of rotatable bonds is 4. The number of aliphatic hydroxyl groups excluding tert-OH is 1. The second-order valence-electron chi connectivity index (χ2n) is 4.21. The third-order valence-electron chi connectivity index (χ3n) is 3.10. The minimum atomic E-state index is -3.61. The van der Waals surface area contributed by atoms with Gasteiger partial charge in [-0.1, -0.05) is 6.92 Å². The van der Waals surface area contributed by atoms with Crippen LogP contribution in [0.3, 0.4) is 0 Å². The summed E-state index contributed by atoms with van der Waals surface area (Å²) < 4.78 is 29.4. The van der Waals surface area contributed by atoms with Crippen LogP contribution in [0.1, 0.15) is 19.8 Å². The van der Waals surface area contributed by atoms with E-state index in [-0.39, 0.29) is 19.0 Å². The molecule has 7 heteroatoms. The van der Waals surface area contributed by atoms with Gasteiger partial charge in [0.25, 0.3) is 0 Å². The molecule has 0 aromatic rings. The number of sulfonamides is 1. The lowest BCUT2D eigenvalue weighted by atomic mass is 9.94. The minimum absolute atomic E-state index is 0.0591. The number of piperidine rings is 1. The zero-order chi connectivity index (χ0) is 13.1. The van der Waals surface area contributed by atoms with Crippen LogP contribution in [0, 0.1) is 5.92 Å². The van der Waals surface area contributed by atoms with Gasteiger partial charge in [-0.05, 0) is 18.8 Å². The highest BCUT2D eigenvalue weighted by molar-refractivity contribution is 7.89. The lowest BCUT2D eigenvalue weighted by Gasteiger charge is -2.34. The van der Waals surface area contributed by atoms with Gasteiger partial charge in [0.05, 0.1) is 13.2 Å². The molecule has 1 aliphatic rings. The normalized spacial score (nSPS) is 26.8. The lowest BCUT2D eigenvalue weighted by molar-refractivity contribution is -0.137. The van der Waals surface area contributed by atoms with Crippen LogP contribution >= 0.6 is 0 Å². The first-order valence-electron chi connectivity index (χ1n) is 5.63. The molecule has 0 amide bonds. The van der Waals surface area contributed by atoms with Crippen molar-refractivity contribution in [2.75, 3.05) is 26.0 Å². The molecule has 2 unspecified atom stereocenters. The van der Waals surface area contributed by atoms with E-state index in [1.165, 1.54) is 4.31 Å². The third kappa shape index (κ3) is 3.65. The fourth-order valence-electron chi connectivity index (χ4n) is 1.94. The molecule has 1 rings (SSSR count). The Morgan fingerprint density at radius 1 is 1.53 bits per heavy atom. The Hall–Kier alpha value is -0.660. The Labute approximate surface area is 102 Å². The van der Waals surface area contributed by atoms with Crippen molar-refractivity contribution >= 4 is 16.0 Å². The van der Waals surface area contributed by atoms with E-state index in [9.17, 15) is 18.3 Å². The van der Waals surface area contributed by atoms with Crippen LogP contribution in [-0.4, -0.2) is 55.9 Å². The van der Waals surface area contributed by atoms with Crippen LogP contribution < -0.4 is 0 Å². The van der Waals surface area contributed by atoms with Gasteiger partial charge in [0.1, 0.15) is 0 Å². The predicted molar refractivity (Wildman–Crippen MR) is 61.8 cm³/mol. The van der Waals surface area contributed by atoms with Crippen molar-refractivity contribution in [2.45, 2.75) is 25.9 Å². The topological polar surface area (TPSA) is 83.9 Å². The van der Waals surface area contributed by atoms with Gasteiger partial charge >= 0.3 is 5.97 Å². The van der Waals surface area contributed by atoms with E-state index in [1.807, 2.05) is 6.92 Å². The second-order valence-corrected chi connectivity index (χ2v) is 6.18. The van der Waals surface area contributed by atoms with Crippen LogP contribution in [-0.2, 0) is 19.6 Å². The molecule has 17 heavy (non-hydrogen) atoms. The Kier molecular flexibility index (Phi) is 4.91. The maximum Gasteiger partial charge on any atom is 0.322 e. The highest BCUT2D eigenvalue weighted by atomic mass is 32.2. The summed E-state index contributed by atoms with van der Waals surface area (Å²) in [4.78, 5) is 11.0. The number of carbonyl (C=O) groups is 1. The molecule has 0 spiro atoms. The number of hydrogen-bond acceptors (Lipinski definition) is 5. The van der Waals surface area contributed by atoms with Gasteiger partial charge in [0.2, 0.25) is 10.0 Å².